The van der Waals surface area contributed by atoms with Crippen LogP contribution in [0.3, 0.4) is 0 Å². The molecule has 13 heavy (non-hydrogen) atoms. The van der Waals surface area contributed by atoms with E-state index in [4.69, 9.17) is 4.74 Å². The maximum absolute atomic E-state index is 11.7. The SMILES string of the molecule is FC(F)CNCCOC1CCCC1. The average Bonchev–Trinajstić information content (AvgIpc) is 2.55. The van der Waals surface area contributed by atoms with Gasteiger partial charge in [-0.05, 0) is 12.8 Å². The maximum Gasteiger partial charge on any atom is 0.250 e. The molecule has 1 N–H and O–H groups in total. The normalized spacial score (nSPS) is 18.7. The highest BCUT2D eigenvalue weighted by molar-refractivity contribution is 4.66. The Morgan fingerprint density at radius 3 is 2.62 bits per heavy atom. The molecular weight excluding hydrogens is 176 g/mol. The highest BCUT2D eigenvalue weighted by Crippen LogP contribution is 2.20. The van der Waals surface area contributed by atoms with Crippen LogP contribution in [-0.4, -0.2) is 32.2 Å². The minimum absolute atomic E-state index is 0.228. The molecule has 0 aromatic heterocycles. The van der Waals surface area contributed by atoms with E-state index in [0.717, 1.165) is 12.8 Å². The second-order valence-corrected chi connectivity index (χ2v) is 3.37. The quantitative estimate of drug-likeness (QED) is 0.649. The van der Waals surface area contributed by atoms with Gasteiger partial charge in [-0.25, -0.2) is 8.78 Å². The van der Waals surface area contributed by atoms with Crippen LogP contribution in [0, 0.1) is 0 Å². The standard InChI is InChI=1S/C9H17F2NO/c10-9(11)7-12-5-6-13-8-3-1-2-4-8/h8-9,12H,1-7H2. The topological polar surface area (TPSA) is 21.3 Å². The number of alkyl halides is 2. The molecule has 0 bridgehead atoms. The molecule has 4 heteroatoms. The predicted molar refractivity (Wildman–Crippen MR) is 47.1 cm³/mol. The van der Waals surface area contributed by atoms with Crippen molar-refractivity contribution in [1.29, 1.82) is 0 Å². The molecule has 0 amide bonds. The summed E-state index contributed by atoms with van der Waals surface area (Å²) in [6.45, 7) is 0.853. The molecular formula is C9H17F2NO. The van der Waals surface area contributed by atoms with Crippen molar-refractivity contribution < 1.29 is 13.5 Å². The Bertz CT molecular complexity index is 127. The summed E-state index contributed by atoms with van der Waals surface area (Å²) in [4.78, 5) is 0. The zero-order chi connectivity index (χ0) is 9.52. The summed E-state index contributed by atoms with van der Waals surface area (Å²) in [6, 6.07) is 0. The van der Waals surface area contributed by atoms with Gasteiger partial charge in [0.2, 0.25) is 0 Å². The molecule has 0 spiro atoms. The Morgan fingerprint density at radius 2 is 2.00 bits per heavy atom. The fraction of sp³-hybridized carbons (Fsp3) is 1.00. The molecule has 0 radical (unpaired) electrons. The first-order valence-electron chi connectivity index (χ1n) is 4.89. The smallest absolute Gasteiger partial charge is 0.250 e. The number of rotatable bonds is 6. The van der Waals surface area contributed by atoms with E-state index in [9.17, 15) is 8.78 Å². The summed E-state index contributed by atoms with van der Waals surface area (Å²) < 4.78 is 28.8. The monoisotopic (exact) mass is 193 g/mol. The lowest BCUT2D eigenvalue weighted by Gasteiger charge is -2.11. The number of hydrogen-bond acceptors (Lipinski definition) is 2. The van der Waals surface area contributed by atoms with Crippen LogP contribution in [0.5, 0.6) is 0 Å². The second kappa shape index (κ2) is 6.27. The zero-order valence-corrected chi connectivity index (χ0v) is 7.77. The molecule has 0 aromatic carbocycles. The van der Waals surface area contributed by atoms with Crippen molar-refractivity contribution in [2.75, 3.05) is 19.7 Å². The highest BCUT2D eigenvalue weighted by atomic mass is 19.3. The number of halogens is 2. The van der Waals surface area contributed by atoms with Crippen LogP contribution in [0.1, 0.15) is 25.7 Å². The molecule has 0 atom stereocenters. The lowest BCUT2D eigenvalue weighted by atomic mass is 10.3. The Hall–Kier alpha value is -0.220. The van der Waals surface area contributed by atoms with Crippen LogP contribution in [0.4, 0.5) is 8.78 Å². The minimum atomic E-state index is -2.26. The van der Waals surface area contributed by atoms with Gasteiger partial charge in [-0.2, -0.15) is 0 Å². The predicted octanol–water partition coefficient (Wildman–Crippen LogP) is 1.80. The van der Waals surface area contributed by atoms with Crippen molar-refractivity contribution in [3.8, 4) is 0 Å². The van der Waals surface area contributed by atoms with Crippen LogP contribution in [0.25, 0.3) is 0 Å². The van der Waals surface area contributed by atoms with E-state index < -0.39 is 6.43 Å². The van der Waals surface area contributed by atoms with Gasteiger partial charge in [0.05, 0.1) is 19.3 Å². The molecule has 1 saturated carbocycles. The Kier molecular flexibility index (Phi) is 5.23. The lowest BCUT2D eigenvalue weighted by molar-refractivity contribution is 0.0575. The average molecular weight is 193 g/mol. The Morgan fingerprint density at radius 1 is 1.31 bits per heavy atom. The first-order valence-corrected chi connectivity index (χ1v) is 4.89. The molecule has 78 valence electrons. The van der Waals surface area contributed by atoms with E-state index in [1.54, 1.807) is 0 Å². The maximum atomic E-state index is 11.7. The first-order chi connectivity index (χ1) is 6.29. The van der Waals surface area contributed by atoms with Gasteiger partial charge in [0.1, 0.15) is 0 Å². The van der Waals surface area contributed by atoms with E-state index in [-0.39, 0.29) is 6.54 Å². The van der Waals surface area contributed by atoms with Gasteiger partial charge in [-0.3, -0.25) is 0 Å². The molecule has 2 nitrogen and oxygen atoms in total. The molecule has 1 aliphatic rings. The van der Waals surface area contributed by atoms with Crippen LogP contribution in [-0.2, 0) is 4.74 Å². The molecule has 0 aromatic rings. The first kappa shape index (κ1) is 10.9. The molecule has 0 heterocycles. The summed E-state index contributed by atoms with van der Waals surface area (Å²) in [5.41, 5.74) is 0. The van der Waals surface area contributed by atoms with E-state index in [1.807, 2.05) is 0 Å². The van der Waals surface area contributed by atoms with Gasteiger partial charge < -0.3 is 10.1 Å². The van der Waals surface area contributed by atoms with Gasteiger partial charge in [0.25, 0.3) is 6.43 Å². The van der Waals surface area contributed by atoms with Crippen LogP contribution < -0.4 is 5.32 Å². The lowest BCUT2D eigenvalue weighted by Crippen LogP contribution is -2.26. The molecule has 1 aliphatic carbocycles. The third kappa shape index (κ3) is 5.16. The summed E-state index contributed by atoms with van der Waals surface area (Å²) in [6.07, 6.45) is 2.88. The third-order valence-corrected chi connectivity index (χ3v) is 2.23. The van der Waals surface area contributed by atoms with Gasteiger partial charge in [0, 0.05) is 6.54 Å². The highest BCUT2D eigenvalue weighted by Gasteiger charge is 2.14. The van der Waals surface area contributed by atoms with Crippen molar-refractivity contribution >= 4 is 0 Å². The summed E-state index contributed by atoms with van der Waals surface area (Å²) in [7, 11) is 0. The minimum Gasteiger partial charge on any atom is -0.377 e. The van der Waals surface area contributed by atoms with Crippen LogP contribution in [0.2, 0.25) is 0 Å². The van der Waals surface area contributed by atoms with Crippen LogP contribution >= 0.6 is 0 Å². The summed E-state index contributed by atoms with van der Waals surface area (Å²) in [5, 5.41) is 2.63. The summed E-state index contributed by atoms with van der Waals surface area (Å²) >= 11 is 0. The fourth-order valence-electron chi connectivity index (χ4n) is 1.56. The Balaban J connectivity index is 1.83. The number of ether oxygens (including phenoxy) is 1. The van der Waals surface area contributed by atoms with Gasteiger partial charge in [0.15, 0.2) is 0 Å². The molecule has 1 rings (SSSR count). The molecule has 1 fully saturated rings. The second-order valence-electron chi connectivity index (χ2n) is 3.37. The van der Waals surface area contributed by atoms with E-state index in [2.05, 4.69) is 5.32 Å². The van der Waals surface area contributed by atoms with E-state index in [0.29, 0.717) is 19.3 Å². The number of nitrogens with one attached hydrogen (secondary N) is 1. The van der Waals surface area contributed by atoms with E-state index >= 15 is 0 Å². The third-order valence-electron chi connectivity index (χ3n) is 2.23. The number of hydrogen-bond donors (Lipinski definition) is 1. The van der Waals surface area contributed by atoms with Gasteiger partial charge in [-0.15, -0.1) is 0 Å². The van der Waals surface area contributed by atoms with Gasteiger partial charge >= 0.3 is 0 Å². The fourth-order valence-corrected chi connectivity index (χ4v) is 1.56. The molecule has 0 aliphatic heterocycles. The molecule has 0 saturated heterocycles. The van der Waals surface area contributed by atoms with Crippen molar-refractivity contribution in [3.63, 3.8) is 0 Å². The van der Waals surface area contributed by atoms with Crippen molar-refractivity contribution in [2.24, 2.45) is 0 Å². The largest absolute Gasteiger partial charge is 0.377 e. The molecule has 0 unspecified atom stereocenters. The Labute approximate surface area is 77.6 Å². The summed E-state index contributed by atoms with van der Waals surface area (Å²) in [5.74, 6) is 0. The van der Waals surface area contributed by atoms with Crippen molar-refractivity contribution in [3.05, 3.63) is 0 Å². The van der Waals surface area contributed by atoms with Crippen molar-refractivity contribution in [2.45, 2.75) is 38.2 Å². The van der Waals surface area contributed by atoms with Gasteiger partial charge in [-0.1, -0.05) is 12.8 Å². The van der Waals surface area contributed by atoms with Crippen molar-refractivity contribution in [1.82, 2.24) is 5.32 Å². The van der Waals surface area contributed by atoms with E-state index in [1.165, 1.54) is 12.8 Å². The zero-order valence-electron chi connectivity index (χ0n) is 7.77. The van der Waals surface area contributed by atoms with Crippen LogP contribution in [0.15, 0.2) is 0 Å².